The molecule has 4 nitrogen and oxygen atoms in total. The van der Waals surface area contributed by atoms with Crippen LogP contribution in [-0.2, 0) is 4.79 Å². The lowest BCUT2D eigenvalue weighted by atomic mass is 9.98. The van der Waals surface area contributed by atoms with Gasteiger partial charge in [-0.2, -0.15) is 5.10 Å². The molecule has 5 heteroatoms. The van der Waals surface area contributed by atoms with Gasteiger partial charge in [-0.3, -0.25) is 4.79 Å². The third-order valence-electron chi connectivity index (χ3n) is 3.92. The predicted octanol–water partition coefficient (Wildman–Crippen LogP) is 3.53. The number of methoxy groups -OCH3 is 1. The molecule has 1 aliphatic heterocycles. The fourth-order valence-corrected chi connectivity index (χ4v) is 2.75. The molecule has 2 aromatic rings. The number of hydrogen-bond acceptors (Lipinski definition) is 3. The van der Waals surface area contributed by atoms with E-state index in [2.05, 4.69) is 5.10 Å². The molecule has 1 amide bonds. The van der Waals surface area contributed by atoms with Gasteiger partial charge in [0.05, 0.1) is 18.9 Å². The second kappa shape index (κ2) is 6.20. The van der Waals surface area contributed by atoms with Gasteiger partial charge in [0.25, 0.3) is 0 Å². The number of hydrazone groups is 1. The maximum Gasteiger partial charge on any atom is 0.240 e. The zero-order chi connectivity index (χ0) is 16.4. The van der Waals surface area contributed by atoms with Gasteiger partial charge in [-0.05, 0) is 35.9 Å². The van der Waals surface area contributed by atoms with Crippen molar-refractivity contribution >= 4 is 11.6 Å². The molecule has 0 bridgehead atoms. The van der Waals surface area contributed by atoms with Gasteiger partial charge in [-0.15, -0.1) is 0 Å². The van der Waals surface area contributed by atoms with Crippen molar-refractivity contribution in [2.24, 2.45) is 5.10 Å². The monoisotopic (exact) mass is 312 g/mol. The maximum atomic E-state index is 14.1. The summed E-state index contributed by atoms with van der Waals surface area (Å²) in [5, 5.41) is 5.76. The van der Waals surface area contributed by atoms with Crippen LogP contribution in [0.25, 0.3) is 0 Å². The first-order chi connectivity index (χ1) is 11.1. The lowest BCUT2D eigenvalue weighted by Gasteiger charge is -2.20. The van der Waals surface area contributed by atoms with Crippen LogP contribution >= 0.6 is 0 Å². The fraction of sp³-hybridized carbons (Fsp3) is 0.222. The van der Waals surface area contributed by atoms with Crippen LogP contribution in [0.2, 0.25) is 0 Å². The van der Waals surface area contributed by atoms with Crippen LogP contribution in [0, 0.1) is 5.82 Å². The number of nitrogens with zero attached hydrogens (tertiary/aromatic N) is 2. The van der Waals surface area contributed by atoms with Gasteiger partial charge in [0.1, 0.15) is 11.6 Å². The second-order valence-corrected chi connectivity index (χ2v) is 5.38. The van der Waals surface area contributed by atoms with Gasteiger partial charge in [-0.1, -0.05) is 18.2 Å². The number of rotatable bonds is 3. The van der Waals surface area contributed by atoms with E-state index in [1.807, 2.05) is 24.3 Å². The molecule has 0 aliphatic carbocycles. The zero-order valence-electron chi connectivity index (χ0n) is 13.0. The van der Waals surface area contributed by atoms with Crippen LogP contribution in [0.15, 0.2) is 53.6 Å². The average molecular weight is 312 g/mol. The van der Waals surface area contributed by atoms with Crippen LogP contribution in [-0.4, -0.2) is 23.7 Å². The Bertz CT molecular complexity index is 756. The van der Waals surface area contributed by atoms with Crippen molar-refractivity contribution in [2.45, 2.75) is 19.4 Å². The lowest BCUT2D eigenvalue weighted by Crippen LogP contribution is -2.25. The summed E-state index contributed by atoms with van der Waals surface area (Å²) in [6, 6.07) is 13.5. The van der Waals surface area contributed by atoms with E-state index < -0.39 is 6.04 Å². The topological polar surface area (TPSA) is 41.9 Å². The van der Waals surface area contributed by atoms with Crippen molar-refractivity contribution in [3.63, 3.8) is 0 Å². The van der Waals surface area contributed by atoms with Crippen LogP contribution in [0.1, 0.15) is 30.5 Å². The van der Waals surface area contributed by atoms with E-state index in [4.69, 9.17) is 4.74 Å². The Morgan fingerprint density at radius 3 is 2.52 bits per heavy atom. The normalized spacial score (nSPS) is 17.1. The predicted molar refractivity (Wildman–Crippen MR) is 85.8 cm³/mol. The molecule has 0 fully saturated rings. The summed E-state index contributed by atoms with van der Waals surface area (Å²) >= 11 is 0. The summed E-state index contributed by atoms with van der Waals surface area (Å²) in [6.07, 6.45) is 0.479. The minimum atomic E-state index is -0.411. The third-order valence-corrected chi connectivity index (χ3v) is 3.92. The third kappa shape index (κ3) is 2.95. The summed E-state index contributed by atoms with van der Waals surface area (Å²) in [5.74, 6) is 0.220. The molecule has 1 unspecified atom stereocenters. The number of benzene rings is 2. The van der Waals surface area contributed by atoms with E-state index >= 15 is 0 Å². The first-order valence-corrected chi connectivity index (χ1v) is 7.36. The molecule has 1 atom stereocenters. The quantitative estimate of drug-likeness (QED) is 0.870. The van der Waals surface area contributed by atoms with Crippen LogP contribution in [0.3, 0.4) is 0 Å². The smallest absolute Gasteiger partial charge is 0.240 e. The highest BCUT2D eigenvalue weighted by Gasteiger charge is 2.32. The summed E-state index contributed by atoms with van der Waals surface area (Å²) in [7, 11) is 1.60. The SMILES string of the molecule is COc1ccc(C2=NN(C(C)=O)C(c3ccccc3F)C2)cc1. The molecule has 0 radical (unpaired) electrons. The van der Waals surface area contributed by atoms with Crippen molar-refractivity contribution in [2.75, 3.05) is 7.11 Å². The van der Waals surface area contributed by atoms with Crippen molar-refractivity contribution < 1.29 is 13.9 Å². The van der Waals surface area contributed by atoms with E-state index in [-0.39, 0.29) is 11.7 Å². The van der Waals surface area contributed by atoms with E-state index in [9.17, 15) is 9.18 Å². The highest BCUT2D eigenvalue weighted by atomic mass is 19.1. The highest BCUT2D eigenvalue weighted by Crippen LogP contribution is 2.34. The Morgan fingerprint density at radius 2 is 1.91 bits per heavy atom. The Labute approximate surface area is 134 Å². The Kier molecular flexibility index (Phi) is 4.10. The van der Waals surface area contributed by atoms with Crippen molar-refractivity contribution in [1.82, 2.24) is 5.01 Å². The van der Waals surface area contributed by atoms with Crippen LogP contribution in [0.5, 0.6) is 5.75 Å². The molecule has 1 heterocycles. The van der Waals surface area contributed by atoms with Gasteiger partial charge in [0, 0.05) is 18.9 Å². The standard InChI is InChI=1S/C18H17FN2O2/c1-12(22)21-18(15-5-3-4-6-16(15)19)11-17(20-21)13-7-9-14(23-2)10-8-13/h3-10,18H,11H2,1-2H3. The molecular formula is C18H17FN2O2. The number of amides is 1. The molecule has 2 aromatic carbocycles. The molecule has 3 rings (SSSR count). The van der Waals surface area contributed by atoms with Gasteiger partial charge >= 0.3 is 0 Å². The van der Waals surface area contributed by atoms with Crippen molar-refractivity contribution in [1.29, 1.82) is 0 Å². The summed E-state index contributed by atoms with van der Waals surface area (Å²) in [4.78, 5) is 11.9. The van der Waals surface area contributed by atoms with E-state index in [1.54, 1.807) is 25.3 Å². The number of halogens is 1. The van der Waals surface area contributed by atoms with E-state index in [0.29, 0.717) is 12.0 Å². The molecule has 0 spiro atoms. The Hall–Kier alpha value is -2.69. The Morgan fingerprint density at radius 1 is 1.22 bits per heavy atom. The number of ether oxygens (including phenoxy) is 1. The molecule has 0 saturated carbocycles. The van der Waals surface area contributed by atoms with E-state index in [1.165, 1.54) is 18.0 Å². The summed E-state index contributed by atoms with van der Waals surface area (Å²) in [5.41, 5.74) is 2.14. The van der Waals surface area contributed by atoms with Crippen LogP contribution < -0.4 is 4.74 Å². The number of carbonyl (C=O) groups excluding carboxylic acids is 1. The van der Waals surface area contributed by atoms with Gasteiger partial charge < -0.3 is 4.74 Å². The summed E-state index contributed by atoms with van der Waals surface area (Å²) < 4.78 is 19.2. The van der Waals surface area contributed by atoms with Gasteiger partial charge in [0.15, 0.2) is 0 Å². The van der Waals surface area contributed by atoms with Crippen LogP contribution in [0.4, 0.5) is 4.39 Å². The lowest BCUT2D eigenvalue weighted by molar-refractivity contribution is -0.130. The van der Waals surface area contributed by atoms with Crippen molar-refractivity contribution in [3.05, 3.63) is 65.5 Å². The molecule has 0 saturated heterocycles. The molecule has 23 heavy (non-hydrogen) atoms. The van der Waals surface area contributed by atoms with Crippen molar-refractivity contribution in [3.8, 4) is 5.75 Å². The second-order valence-electron chi connectivity index (χ2n) is 5.38. The minimum Gasteiger partial charge on any atom is -0.497 e. The largest absolute Gasteiger partial charge is 0.497 e. The van der Waals surface area contributed by atoms with Gasteiger partial charge in [-0.25, -0.2) is 9.40 Å². The molecule has 0 aromatic heterocycles. The fourth-order valence-electron chi connectivity index (χ4n) is 2.75. The first kappa shape index (κ1) is 15.2. The first-order valence-electron chi connectivity index (χ1n) is 7.36. The van der Waals surface area contributed by atoms with Gasteiger partial charge in [0.2, 0.25) is 5.91 Å². The highest BCUT2D eigenvalue weighted by molar-refractivity contribution is 6.03. The number of carbonyl (C=O) groups is 1. The molecule has 1 aliphatic rings. The average Bonchev–Trinajstić information content (AvgIpc) is 3.01. The summed E-state index contributed by atoms with van der Waals surface area (Å²) in [6.45, 7) is 1.44. The zero-order valence-corrected chi connectivity index (χ0v) is 13.0. The molecule has 0 N–H and O–H groups in total. The van der Waals surface area contributed by atoms with E-state index in [0.717, 1.165) is 17.0 Å². The molecule has 118 valence electrons. The minimum absolute atomic E-state index is 0.207. The molecular weight excluding hydrogens is 295 g/mol. The Balaban J connectivity index is 1.93. The number of hydrogen-bond donors (Lipinski definition) is 0. The maximum absolute atomic E-state index is 14.1.